The molecule has 2 atom stereocenters. The van der Waals surface area contributed by atoms with Crippen LogP contribution in [0.2, 0.25) is 0 Å². The van der Waals surface area contributed by atoms with Gasteiger partial charge in [-0.15, -0.1) is 0 Å². The molecule has 2 N–H and O–H groups in total. The van der Waals surface area contributed by atoms with E-state index >= 15 is 0 Å². The fourth-order valence-electron chi connectivity index (χ4n) is 2.84. The predicted octanol–water partition coefficient (Wildman–Crippen LogP) is 2.12. The normalized spacial score (nSPS) is 24.5. The van der Waals surface area contributed by atoms with Gasteiger partial charge in [-0.05, 0) is 54.3 Å². The minimum atomic E-state index is 0.335. The minimum absolute atomic E-state index is 0.335. The molecule has 0 spiro atoms. The van der Waals surface area contributed by atoms with E-state index in [0.29, 0.717) is 12.0 Å². The number of nitrogens with two attached hydrogens (primary N) is 1. The molecule has 1 aliphatic heterocycles. The number of nitrogens with zero attached hydrogens (tertiary/aromatic N) is 2. The van der Waals surface area contributed by atoms with Crippen molar-refractivity contribution < 1.29 is 0 Å². The Balaban J connectivity index is 1.68. The molecule has 0 fully saturated rings. The zero-order valence-electron chi connectivity index (χ0n) is 10.6. The molecular weight excluding hydrogens is 234 g/mol. The third-order valence-corrected chi connectivity index (χ3v) is 3.80. The van der Waals surface area contributed by atoms with Gasteiger partial charge in [-0.25, -0.2) is 0 Å². The van der Waals surface area contributed by atoms with Crippen LogP contribution in [0.5, 0.6) is 0 Å². The van der Waals surface area contributed by atoms with Crippen LogP contribution in [0.1, 0.15) is 16.7 Å². The molecule has 2 unspecified atom stereocenters. The molecule has 0 amide bonds. The Morgan fingerprint density at radius 3 is 3.00 bits per heavy atom. The monoisotopic (exact) mass is 249 g/mol. The number of hydrogen-bond acceptors (Lipinski definition) is 3. The van der Waals surface area contributed by atoms with Crippen molar-refractivity contribution in [3.05, 3.63) is 59.3 Å². The van der Waals surface area contributed by atoms with E-state index in [2.05, 4.69) is 17.1 Å². The summed E-state index contributed by atoms with van der Waals surface area (Å²) < 4.78 is 0. The maximum absolute atomic E-state index is 9.13. The van der Waals surface area contributed by atoms with Gasteiger partial charge in [0.1, 0.15) is 0 Å². The van der Waals surface area contributed by atoms with Crippen LogP contribution in [0.25, 0.3) is 0 Å². The minimum Gasteiger partial charge on any atom is -0.405 e. The molecule has 1 aromatic rings. The molecule has 1 aliphatic carbocycles. The molecule has 94 valence electrons. The fourth-order valence-corrected chi connectivity index (χ4v) is 2.84. The largest absolute Gasteiger partial charge is 0.405 e. The number of allylic oxidation sites excluding steroid dienone is 2. The molecule has 0 saturated heterocycles. The van der Waals surface area contributed by atoms with Crippen molar-refractivity contribution in [3.8, 4) is 6.07 Å². The van der Waals surface area contributed by atoms with E-state index < -0.39 is 0 Å². The molecule has 0 saturated carbocycles. The van der Waals surface area contributed by atoms with E-state index in [9.17, 15) is 0 Å². The topological polar surface area (TPSA) is 62.2 Å². The summed E-state index contributed by atoms with van der Waals surface area (Å²) in [5.41, 5.74) is 9.79. The molecule has 19 heavy (non-hydrogen) atoms. The molecule has 0 radical (unpaired) electrons. The standard InChI is InChI=1S/C16H15N3/c17-7-2-1-6-15-16(19-15)13-8-11-4-3-5-12(10-18)14(11)9-13/h1-7,13,16H,8-9,17H2/b6-1-,7-2-. The van der Waals surface area contributed by atoms with Gasteiger partial charge in [-0.3, -0.25) is 4.99 Å². The second-order valence-corrected chi connectivity index (χ2v) is 4.97. The lowest BCUT2D eigenvalue weighted by Gasteiger charge is -2.04. The summed E-state index contributed by atoms with van der Waals surface area (Å²) in [6.45, 7) is 0. The van der Waals surface area contributed by atoms with Crippen molar-refractivity contribution >= 4 is 5.71 Å². The maximum Gasteiger partial charge on any atom is 0.0994 e. The molecule has 1 heterocycles. The Morgan fingerprint density at radius 2 is 2.21 bits per heavy atom. The second-order valence-electron chi connectivity index (χ2n) is 4.97. The molecule has 2 aliphatic rings. The van der Waals surface area contributed by atoms with Crippen LogP contribution in [0.3, 0.4) is 0 Å². The summed E-state index contributed by atoms with van der Waals surface area (Å²) in [6, 6.07) is 8.63. The van der Waals surface area contributed by atoms with Crippen molar-refractivity contribution in [2.75, 3.05) is 0 Å². The summed E-state index contributed by atoms with van der Waals surface area (Å²) in [7, 11) is 0. The van der Waals surface area contributed by atoms with E-state index in [0.717, 1.165) is 24.1 Å². The van der Waals surface area contributed by atoms with Crippen molar-refractivity contribution in [1.29, 1.82) is 5.26 Å². The van der Waals surface area contributed by atoms with Gasteiger partial charge in [0.25, 0.3) is 0 Å². The van der Waals surface area contributed by atoms with Crippen LogP contribution in [-0.4, -0.2) is 11.8 Å². The summed E-state index contributed by atoms with van der Waals surface area (Å²) in [5.74, 6) is 0.519. The molecular formula is C16H15N3. The Labute approximate surface area is 112 Å². The number of rotatable bonds is 3. The van der Waals surface area contributed by atoms with Crippen LogP contribution in [0, 0.1) is 17.2 Å². The highest BCUT2D eigenvalue weighted by molar-refractivity contribution is 6.09. The number of nitriles is 1. The number of fused-ring (bicyclic) bond motifs is 1. The fraction of sp³-hybridized carbons (Fsp3) is 0.250. The van der Waals surface area contributed by atoms with Gasteiger partial charge < -0.3 is 5.73 Å². The van der Waals surface area contributed by atoms with Gasteiger partial charge in [0, 0.05) is 0 Å². The van der Waals surface area contributed by atoms with Crippen LogP contribution < -0.4 is 5.73 Å². The van der Waals surface area contributed by atoms with Gasteiger partial charge in [-0.1, -0.05) is 18.2 Å². The van der Waals surface area contributed by atoms with E-state index in [-0.39, 0.29) is 0 Å². The van der Waals surface area contributed by atoms with Crippen molar-refractivity contribution in [3.63, 3.8) is 0 Å². The van der Waals surface area contributed by atoms with E-state index in [4.69, 9.17) is 11.0 Å². The Morgan fingerprint density at radius 1 is 1.32 bits per heavy atom. The Kier molecular flexibility index (Phi) is 2.92. The first-order chi connectivity index (χ1) is 9.33. The quantitative estimate of drug-likeness (QED) is 0.834. The lowest BCUT2D eigenvalue weighted by Crippen LogP contribution is -2.12. The molecule has 0 bridgehead atoms. The van der Waals surface area contributed by atoms with Crippen molar-refractivity contribution in [2.45, 2.75) is 18.9 Å². The third kappa shape index (κ3) is 2.17. The highest BCUT2D eigenvalue weighted by Gasteiger charge is 2.38. The molecule has 0 aromatic heterocycles. The Hall–Kier alpha value is -2.34. The van der Waals surface area contributed by atoms with E-state index in [1.807, 2.05) is 24.3 Å². The lowest BCUT2D eigenvalue weighted by atomic mass is 9.98. The summed E-state index contributed by atoms with van der Waals surface area (Å²) >= 11 is 0. The van der Waals surface area contributed by atoms with Gasteiger partial charge in [0.15, 0.2) is 0 Å². The van der Waals surface area contributed by atoms with Gasteiger partial charge in [0.2, 0.25) is 0 Å². The highest BCUT2D eigenvalue weighted by Crippen LogP contribution is 2.36. The summed E-state index contributed by atoms with van der Waals surface area (Å²) in [4.78, 5) is 4.52. The van der Waals surface area contributed by atoms with E-state index in [1.54, 1.807) is 6.08 Å². The predicted molar refractivity (Wildman–Crippen MR) is 75.7 cm³/mol. The zero-order valence-corrected chi connectivity index (χ0v) is 10.6. The molecule has 1 aromatic carbocycles. The van der Waals surface area contributed by atoms with E-state index in [1.165, 1.54) is 17.3 Å². The second kappa shape index (κ2) is 4.74. The van der Waals surface area contributed by atoms with Crippen LogP contribution >= 0.6 is 0 Å². The number of hydrogen-bond donors (Lipinski definition) is 1. The SMILES string of the molecule is N#Cc1cccc2c1CC(C1N=C1/C=C\C=C/N)C2. The first-order valence-electron chi connectivity index (χ1n) is 6.47. The van der Waals surface area contributed by atoms with Crippen LogP contribution in [0.15, 0.2) is 47.6 Å². The van der Waals surface area contributed by atoms with Crippen molar-refractivity contribution in [1.82, 2.24) is 0 Å². The summed E-state index contributed by atoms with van der Waals surface area (Å²) in [5, 5.41) is 9.13. The lowest BCUT2D eigenvalue weighted by molar-refractivity contribution is 0.563. The third-order valence-electron chi connectivity index (χ3n) is 3.80. The van der Waals surface area contributed by atoms with Gasteiger partial charge in [-0.2, -0.15) is 5.26 Å². The van der Waals surface area contributed by atoms with Crippen LogP contribution in [-0.2, 0) is 12.8 Å². The average molecular weight is 249 g/mol. The molecule has 3 heteroatoms. The maximum atomic E-state index is 9.13. The highest BCUT2D eigenvalue weighted by atomic mass is 15.0. The molecule has 3 nitrogen and oxygen atoms in total. The smallest absolute Gasteiger partial charge is 0.0994 e. The van der Waals surface area contributed by atoms with Gasteiger partial charge in [0.05, 0.1) is 23.4 Å². The average Bonchev–Trinajstić information content (AvgIpc) is 3.07. The van der Waals surface area contributed by atoms with Crippen LogP contribution in [0.4, 0.5) is 0 Å². The summed E-state index contributed by atoms with van der Waals surface area (Å²) in [6.07, 6.45) is 9.25. The van der Waals surface area contributed by atoms with Gasteiger partial charge >= 0.3 is 0 Å². The Bertz CT molecular complexity index is 632. The first-order valence-corrected chi connectivity index (χ1v) is 6.47. The number of benzene rings is 1. The first kappa shape index (κ1) is 11.7. The zero-order chi connectivity index (χ0) is 13.2. The van der Waals surface area contributed by atoms with Crippen molar-refractivity contribution in [2.24, 2.45) is 16.6 Å². The number of aliphatic imine (C=N–C) groups is 1. The molecule has 3 rings (SSSR count).